The quantitative estimate of drug-likeness (QED) is 0.790. The third kappa shape index (κ3) is 2.96. The largest absolute Gasteiger partial charge is 0.478 e. The van der Waals surface area contributed by atoms with E-state index >= 15 is 0 Å². The third-order valence-electron chi connectivity index (χ3n) is 3.43. The van der Waals surface area contributed by atoms with Gasteiger partial charge < -0.3 is 15.7 Å². The lowest BCUT2D eigenvalue weighted by molar-refractivity contribution is -0.121. The Hall–Kier alpha value is -1.40. The van der Waals surface area contributed by atoms with E-state index in [0.29, 0.717) is 16.1 Å². The summed E-state index contributed by atoms with van der Waals surface area (Å²) in [4.78, 5) is 23.3. The zero-order valence-corrected chi connectivity index (χ0v) is 12.0. The molecule has 1 aromatic carbocycles. The normalized spacial score (nSPS) is 16.5. The number of benzene rings is 1. The first-order valence-electron chi connectivity index (χ1n) is 6.04. The monoisotopic (exact) mass is 326 g/mol. The van der Waals surface area contributed by atoms with Gasteiger partial charge in [0.2, 0.25) is 5.91 Å². The summed E-state index contributed by atoms with van der Waals surface area (Å²) in [5.74, 6) is -1.04. The minimum atomic E-state index is -1.06. The summed E-state index contributed by atoms with van der Waals surface area (Å²) in [6, 6.07) is 4.80. The van der Waals surface area contributed by atoms with Crippen LogP contribution in [0.1, 0.15) is 17.3 Å². The van der Waals surface area contributed by atoms with E-state index in [0.717, 1.165) is 13.1 Å². The Balaban J connectivity index is 2.18. The maximum absolute atomic E-state index is 12.1. The first kappa shape index (κ1) is 14.0. The minimum Gasteiger partial charge on any atom is -0.478 e. The van der Waals surface area contributed by atoms with Gasteiger partial charge in [0, 0.05) is 10.4 Å². The van der Waals surface area contributed by atoms with Crippen molar-refractivity contribution in [1.29, 1.82) is 0 Å². The number of carboxylic acid groups (broad SMARTS) is 1. The molecule has 1 aliphatic heterocycles. The molecule has 1 unspecified atom stereocenters. The van der Waals surface area contributed by atoms with E-state index in [-0.39, 0.29) is 17.4 Å². The SMILES string of the molecule is CC(C(=O)Nc1c(Br)cccc1C(=O)O)C1CNC1. The van der Waals surface area contributed by atoms with Crippen molar-refractivity contribution < 1.29 is 14.7 Å². The maximum atomic E-state index is 12.1. The Morgan fingerprint density at radius 2 is 2.16 bits per heavy atom. The van der Waals surface area contributed by atoms with Gasteiger partial charge in [-0.25, -0.2) is 4.79 Å². The molecule has 2 rings (SSSR count). The van der Waals surface area contributed by atoms with Crippen LogP contribution in [-0.2, 0) is 4.79 Å². The summed E-state index contributed by atoms with van der Waals surface area (Å²) in [6.07, 6.45) is 0. The van der Waals surface area contributed by atoms with Gasteiger partial charge in [-0.2, -0.15) is 0 Å². The number of anilines is 1. The van der Waals surface area contributed by atoms with E-state index in [1.165, 1.54) is 6.07 Å². The molecule has 6 heteroatoms. The Labute approximate surface area is 119 Å². The fourth-order valence-electron chi connectivity index (χ4n) is 1.95. The molecule has 0 saturated carbocycles. The van der Waals surface area contributed by atoms with Crippen molar-refractivity contribution in [3.05, 3.63) is 28.2 Å². The first-order valence-corrected chi connectivity index (χ1v) is 6.83. The molecule has 0 radical (unpaired) electrons. The molecule has 0 aromatic heterocycles. The minimum absolute atomic E-state index is 0.0849. The molecule has 1 aromatic rings. The molecule has 1 aliphatic rings. The van der Waals surface area contributed by atoms with E-state index in [1.807, 2.05) is 6.92 Å². The summed E-state index contributed by atoms with van der Waals surface area (Å²) in [7, 11) is 0. The highest BCUT2D eigenvalue weighted by molar-refractivity contribution is 9.10. The second kappa shape index (κ2) is 5.71. The number of hydrogen-bond donors (Lipinski definition) is 3. The maximum Gasteiger partial charge on any atom is 0.337 e. The number of amides is 1. The van der Waals surface area contributed by atoms with Gasteiger partial charge in [0.1, 0.15) is 0 Å². The van der Waals surface area contributed by atoms with Gasteiger partial charge in [-0.1, -0.05) is 13.0 Å². The van der Waals surface area contributed by atoms with E-state index in [1.54, 1.807) is 12.1 Å². The molecule has 1 fully saturated rings. The lowest BCUT2D eigenvalue weighted by Gasteiger charge is -2.31. The highest BCUT2D eigenvalue weighted by Gasteiger charge is 2.29. The van der Waals surface area contributed by atoms with Gasteiger partial charge in [-0.05, 0) is 47.1 Å². The zero-order valence-electron chi connectivity index (χ0n) is 10.4. The van der Waals surface area contributed by atoms with Crippen molar-refractivity contribution in [2.24, 2.45) is 11.8 Å². The van der Waals surface area contributed by atoms with Crippen molar-refractivity contribution in [2.75, 3.05) is 18.4 Å². The Morgan fingerprint density at radius 1 is 1.47 bits per heavy atom. The second-order valence-corrected chi connectivity index (χ2v) is 5.52. The molecule has 1 atom stereocenters. The van der Waals surface area contributed by atoms with Crippen LogP contribution in [0.5, 0.6) is 0 Å². The molecule has 102 valence electrons. The molecule has 0 bridgehead atoms. The van der Waals surface area contributed by atoms with Crippen molar-refractivity contribution in [1.82, 2.24) is 5.32 Å². The van der Waals surface area contributed by atoms with E-state index in [2.05, 4.69) is 26.6 Å². The third-order valence-corrected chi connectivity index (χ3v) is 4.09. The molecular formula is C13H15BrN2O3. The standard InChI is InChI=1S/C13H15BrN2O3/c1-7(8-5-15-6-8)12(17)16-11-9(13(18)19)3-2-4-10(11)14/h2-4,7-8,15H,5-6H2,1H3,(H,16,17)(H,18,19). The van der Waals surface area contributed by atoms with Crippen LogP contribution in [0.4, 0.5) is 5.69 Å². The molecule has 1 heterocycles. The van der Waals surface area contributed by atoms with Crippen LogP contribution < -0.4 is 10.6 Å². The molecule has 1 amide bonds. The van der Waals surface area contributed by atoms with Crippen molar-refractivity contribution >= 4 is 33.5 Å². The zero-order chi connectivity index (χ0) is 14.0. The van der Waals surface area contributed by atoms with Crippen LogP contribution in [0.25, 0.3) is 0 Å². The van der Waals surface area contributed by atoms with Gasteiger partial charge in [0.25, 0.3) is 0 Å². The molecule has 1 saturated heterocycles. The number of halogens is 1. The number of carboxylic acids is 1. The van der Waals surface area contributed by atoms with E-state index in [4.69, 9.17) is 5.11 Å². The van der Waals surface area contributed by atoms with Crippen LogP contribution >= 0.6 is 15.9 Å². The second-order valence-electron chi connectivity index (χ2n) is 4.66. The molecule has 3 N–H and O–H groups in total. The number of rotatable bonds is 4. The average molecular weight is 327 g/mol. The summed E-state index contributed by atoms with van der Waals surface area (Å²) in [6.45, 7) is 3.52. The van der Waals surface area contributed by atoms with Crippen LogP contribution in [-0.4, -0.2) is 30.1 Å². The van der Waals surface area contributed by atoms with Gasteiger partial charge in [-0.15, -0.1) is 0 Å². The number of hydrogen-bond acceptors (Lipinski definition) is 3. The van der Waals surface area contributed by atoms with Crippen molar-refractivity contribution in [2.45, 2.75) is 6.92 Å². The summed E-state index contributed by atoms with van der Waals surface area (Å²) >= 11 is 3.27. The molecule has 0 aliphatic carbocycles. The number of nitrogens with one attached hydrogen (secondary N) is 2. The number of para-hydroxylation sites is 1. The van der Waals surface area contributed by atoms with Crippen LogP contribution in [0.15, 0.2) is 22.7 Å². The summed E-state index contributed by atoms with van der Waals surface area (Å²) < 4.78 is 0.569. The predicted molar refractivity (Wildman–Crippen MR) is 75.3 cm³/mol. The predicted octanol–water partition coefficient (Wildman–Crippen LogP) is 1.94. The lowest BCUT2D eigenvalue weighted by Crippen LogP contribution is -2.48. The fraction of sp³-hybridized carbons (Fsp3) is 0.385. The Bertz CT molecular complexity index is 515. The first-order chi connectivity index (χ1) is 9.00. The molecule has 19 heavy (non-hydrogen) atoms. The summed E-state index contributed by atoms with van der Waals surface area (Å²) in [5.41, 5.74) is 0.404. The molecular weight excluding hydrogens is 312 g/mol. The van der Waals surface area contributed by atoms with Gasteiger partial charge in [0.05, 0.1) is 11.3 Å². The summed E-state index contributed by atoms with van der Waals surface area (Å²) in [5, 5.41) is 15.0. The highest BCUT2D eigenvalue weighted by atomic mass is 79.9. The topological polar surface area (TPSA) is 78.4 Å². The number of carbonyl (C=O) groups excluding carboxylic acids is 1. The smallest absolute Gasteiger partial charge is 0.337 e. The lowest BCUT2D eigenvalue weighted by atomic mass is 9.88. The molecule has 5 nitrogen and oxygen atoms in total. The van der Waals surface area contributed by atoms with Crippen LogP contribution in [0.2, 0.25) is 0 Å². The van der Waals surface area contributed by atoms with Crippen molar-refractivity contribution in [3.63, 3.8) is 0 Å². The van der Waals surface area contributed by atoms with Crippen LogP contribution in [0, 0.1) is 11.8 Å². The van der Waals surface area contributed by atoms with Crippen LogP contribution in [0.3, 0.4) is 0 Å². The fourth-order valence-corrected chi connectivity index (χ4v) is 2.41. The Kier molecular flexibility index (Phi) is 4.21. The number of aromatic carboxylic acids is 1. The van der Waals surface area contributed by atoms with Gasteiger partial charge >= 0.3 is 5.97 Å². The van der Waals surface area contributed by atoms with Gasteiger partial charge in [0.15, 0.2) is 0 Å². The molecule has 0 spiro atoms. The van der Waals surface area contributed by atoms with E-state index in [9.17, 15) is 9.59 Å². The van der Waals surface area contributed by atoms with Crippen molar-refractivity contribution in [3.8, 4) is 0 Å². The average Bonchev–Trinajstić information content (AvgIpc) is 2.28. The highest BCUT2D eigenvalue weighted by Crippen LogP contribution is 2.28. The number of carbonyl (C=O) groups is 2. The van der Waals surface area contributed by atoms with Gasteiger partial charge in [-0.3, -0.25) is 4.79 Å². The van der Waals surface area contributed by atoms with E-state index < -0.39 is 5.97 Å². The Morgan fingerprint density at radius 3 is 2.68 bits per heavy atom.